The van der Waals surface area contributed by atoms with Gasteiger partial charge in [-0.25, -0.2) is 9.78 Å². The van der Waals surface area contributed by atoms with Gasteiger partial charge in [-0.15, -0.1) is 0 Å². The third kappa shape index (κ3) is 2.06. The van der Waals surface area contributed by atoms with E-state index in [1.165, 1.54) is 18.2 Å². The predicted molar refractivity (Wildman–Crippen MR) is 58.9 cm³/mol. The van der Waals surface area contributed by atoms with E-state index in [0.29, 0.717) is 18.0 Å². The van der Waals surface area contributed by atoms with Gasteiger partial charge in [-0.05, 0) is 18.6 Å². The van der Waals surface area contributed by atoms with Crippen LogP contribution in [-0.4, -0.2) is 35.1 Å². The van der Waals surface area contributed by atoms with Gasteiger partial charge in [0, 0.05) is 6.42 Å². The summed E-state index contributed by atoms with van der Waals surface area (Å²) in [6.45, 7) is 0. The molecule has 1 N–H and O–H groups in total. The predicted octanol–water partition coefficient (Wildman–Crippen LogP) is 0.670. The molecule has 0 radical (unpaired) electrons. The molecule has 1 fully saturated rings. The smallest absolute Gasteiger partial charge is 0.326 e. The van der Waals surface area contributed by atoms with E-state index in [9.17, 15) is 9.59 Å². The number of carboxylic acid groups (broad SMARTS) is 1. The van der Waals surface area contributed by atoms with Crippen molar-refractivity contribution in [2.24, 2.45) is 0 Å². The average molecular weight is 236 g/mol. The zero-order valence-corrected chi connectivity index (χ0v) is 9.29. The number of ether oxygens (including phenoxy) is 1. The number of hydrogen-bond acceptors (Lipinski definition) is 4. The summed E-state index contributed by atoms with van der Waals surface area (Å²) >= 11 is 0. The van der Waals surface area contributed by atoms with Crippen LogP contribution in [0.4, 0.5) is 5.82 Å². The van der Waals surface area contributed by atoms with Crippen LogP contribution in [0.2, 0.25) is 0 Å². The summed E-state index contributed by atoms with van der Waals surface area (Å²) in [4.78, 5) is 27.9. The van der Waals surface area contributed by atoms with Crippen LogP contribution in [-0.2, 0) is 9.59 Å². The summed E-state index contributed by atoms with van der Waals surface area (Å²) in [5, 5.41) is 9.02. The second-order valence-corrected chi connectivity index (χ2v) is 3.71. The maximum Gasteiger partial charge on any atom is 0.326 e. The molecule has 1 aliphatic rings. The highest BCUT2D eigenvalue weighted by atomic mass is 16.5. The number of aliphatic carboxylic acids is 1. The van der Waals surface area contributed by atoms with Crippen LogP contribution >= 0.6 is 0 Å². The molecule has 6 heteroatoms. The maximum atomic E-state index is 11.6. The molecule has 1 aromatic rings. The lowest BCUT2D eigenvalue weighted by atomic mass is 10.2. The van der Waals surface area contributed by atoms with Crippen molar-refractivity contribution in [2.75, 3.05) is 12.0 Å². The third-order valence-electron chi connectivity index (χ3n) is 2.70. The highest BCUT2D eigenvalue weighted by molar-refractivity contribution is 6.01. The van der Waals surface area contributed by atoms with E-state index < -0.39 is 12.0 Å². The summed E-state index contributed by atoms with van der Waals surface area (Å²) in [6.07, 6.45) is 2.02. The molecule has 1 aliphatic heterocycles. The molecule has 2 rings (SSSR count). The number of methoxy groups -OCH3 is 1. The Morgan fingerprint density at radius 2 is 2.35 bits per heavy atom. The number of amides is 1. The molecule has 90 valence electrons. The molecule has 0 aliphatic carbocycles. The monoisotopic (exact) mass is 236 g/mol. The molecule has 2 heterocycles. The molecule has 17 heavy (non-hydrogen) atoms. The molecule has 0 bridgehead atoms. The number of carboxylic acids is 1. The minimum absolute atomic E-state index is 0.213. The van der Waals surface area contributed by atoms with Crippen molar-refractivity contribution in [1.29, 1.82) is 0 Å². The number of nitrogens with zero attached hydrogens (tertiary/aromatic N) is 2. The normalized spacial score (nSPS) is 19.5. The van der Waals surface area contributed by atoms with Gasteiger partial charge in [-0.1, -0.05) is 0 Å². The Morgan fingerprint density at radius 3 is 2.88 bits per heavy atom. The summed E-state index contributed by atoms with van der Waals surface area (Å²) in [6, 6.07) is 2.41. The number of pyridine rings is 1. The Labute approximate surface area is 97.8 Å². The number of carbonyl (C=O) groups is 2. The molecule has 1 saturated heterocycles. The first kappa shape index (κ1) is 11.4. The summed E-state index contributed by atoms with van der Waals surface area (Å²) < 4.78 is 4.95. The standard InChI is InChI=1S/C11H12N2O4/c1-17-7-2-4-9(12-6-7)13-8(11(15)16)3-5-10(13)14/h2,4,6,8H,3,5H2,1H3,(H,15,16)/t8-/m0/s1. The number of rotatable bonds is 3. The fraction of sp³-hybridized carbons (Fsp3) is 0.364. The Morgan fingerprint density at radius 1 is 1.59 bits per heavy atom. The second kappa shape index (κ2) is 4.40. The van der Waals surface area contributed by atoms with Gasteiger partial charge in [-0.3, -0.25) is 9.69 Å². The molecule has 0 spiro atoms. The molecule has 1 amide bonds. The van der Waals surface area contributed by atoms with E-state index in [-0.39, 0.29) is 12.3 Å². The van der Waals surface area contributed by atoms with Gasteiger partial charge in [0.1, 0.15) is 17.6 Å². The van der Waals surface area contributed by atoms with Crippen LogP contribution in [0.5, 0.6) is 5.75 Å². The molecule has 0 saturated carbocycles. The minimum atomic E-state index is -1.01. The lowest BCUT2D eigenvalue weighted by Crippen LogP contribution is -2.39. The Bertz CT molecular complexity index is 443. The quantitative estimate of drug-likeness (QED) is 0.834. The fourth-order valence-corrected chi connectivity index (χ4v) is 1.84. The minimum Gasteiger partial charge on any atom is -0.495 e. The van der Waals surface area contributed by atoms with Crippen LogP contribution in [0.15, 0.2) is 18.3 Å². The zero-order chi connectivity index (χ0) is 12.4. The van der Waals surface area contributed by atoms with Crippen LogP contribution in [0, 0.1) is 0 Å². The van der Waals surface area contributed by atoms with Crippen LogP contribution in [0.3, 0.4) is 0 Å². The van der Waals surface area contributed by atoms with Crippen molar-refractivity contribution in [1.82, 2.24) is 4.98 Å². The van der Waals surface area contributed by atoms with Crippen molar-refractivity contribution in [3.05, 3.63) is 18.3 Å². The van der Waals surface area contributed by atoms with Gasteiger partial charge in [-0.2, -0.15) is 0 Å². The average Bonchev–Trinajstić information content (AvgIpc) is 2.71. The van der Waals surface area contributed by atoms with Crippen molar-refractivity contribution in [3.8, 4) is 5.75 Å². The van der Waals surface area contributed by atoms with E-state index in [1.54, 1.807) is 12.1 Å². The lowest BCUT2D eigenvalue weighted by molar-refractivity contribution is -0.138. The molecule has 0 aromatic carbocycles. The van der Waals surface area contributed by atoms with E-state index >= 15 is 0 Å². The van der Waals surface area contributed by atoms with Crippen molar-refractivity contribution < 1.29 is 19.4 Å². The van der Waals surface area contributed by atoms with E-state index in [0.717, 1.165) is 0 Å². The summed E-state index contributed by atoms with van der Waals surface area (Å²) in [5.74, 6) is -0.309. The Kier molecular flexibility index (Phi) is 2.95. The first-order valence-corrected chi connectivity index (χ1v) is 5.18. The van der Waals surface area contributed by atoms with Gasteiger partial charge in [0.15, 0.2) is 0 Å². The van der Waals surface area contributed by atoms with Crippen molar-refractivity contribution >= 4 is 17.7 Å². The van der Waals surface area contributed by atoms with Crippen molar-refractivity contribution in [2.45, 2.75) is 18.9 Å². The summed E-state index contributed by atoms with van der Waals surface area (Å²) in [7, 11) is 1.51. The van der Waals surface area contributed by atoms with E-state index in [2.05, 4.69) is 4.98 Å². The summed E-state index contributed by atoms with van der Waals surface area (Å²) in [5.41, 5.74) is 0. The topological polar surface area (TPSA) is 79.7 Å². The van der Waals surface area contributed by atoms with Gasteiger partial charge in [0.25, 0.3) is 0 Å². The van der Waals surface area contributed by atoms with Crippen LogP contribution in [0.1, 0.15) is 12.8 Å². The van der Waals surface area contributed by atoms with Gasteiger partial charge >= 0.3 is 5.97 Å². The van der Waals surface area contributed by atoms with Crippen LogP contribution < -0.4 is 9.64 Å². The molecule has 1 aromatic heterocycles. The second-order valence-electron chi connectivity index (χ2n) is 3.71. The number of anilines is 1. The lowest BCUT2D eigenvalue weighted by Gasteiger charge is -2.20. The van der Waals surface area contributed by atoms with Gasteiger partial charge in [0.05, 0.1) is 13.3 Å². The van der Waals surface area contributed by atoms with Crippen molar-refractivity contribution in [3.63, 3.8) is 0 Å². The highest BCUT2D eigenvalue weighted by Gasteiger charge is 2.37. The van der Waals surface area contributed by atoms with Gasteiger partial charge in [0.2, 0.25) is 5.91 Å². The third-order valence-corrected chi connectivity index (χ3v) is 2.70. The molecule has 1 atom stereocenters. The number of aromatic nitrogens is 1. The molecule has 0 unspecified atom stereocenters. The number of hydrogen-bond donors (Lipinski definition) is 1. The van der Waals surface area contributed by atoms with E-state index in [1.807, 2.05) is 0 Å². The molecule has 6 nitrogen and oxygen atoms in total. The molecular formula is C11H12N2O4. The van der Waals surface area contributed by atoms with Crippen LogP contribution in [0.25, 0.3) is 0 Å². The maximum absolute atomic E-state index is 11.6. The highest BCUT2D eigenvalue weighted by Crippen LogP contribution is 2.26. The first-order chi connectivity index (χ1) is 8.13. The largest absolute Gasteiger partial charge is 0.495 e. The SMILES string of the molecule is COc1ccc(N2C(=O)CC[C@H]2C(=O)O)nc1. The van der Waals surface area contributed by atoms with Gasteiger partial charge < -0.3 is 9.84 Å². The Hall–Kier alpha value is -2.11. The first-order valence-electron chi connectivity index (χ1n) is 5.18. The Balaban J connectivity index is 2.29. The fourth-order valence-electron chi connectivity index (χ4n) is 1.84. The molecular weight excluding hydrogens is 224 g/mol. The number of carbonyl (C=O) groups excluding carboxylic acids is 1. The van der Waals surface area contributed by atoms with E-state index in [4.69, 9.17) is 9.84 Å². The zero-order valence-electron chi connectivity index (χ0n) is 9.29.